The molecule has 4 aromatic rings. The average molecular weight is 779 g/mol. The smallest absolute Gasteiger partial charge is 0.255 e. The van der Waals surface area contributed by atoms with E-state index in [9.17, 15) is 44.6 Å². The Bertz CT molecular complexity index is 2060. The normalized spacial score (nSPS) is 28.1. The molecule has 298 valence electrons. The van der Waals surface area contributed by atoms with Gasteiger partial charge in [-0.15, -0.1) is 10.2 Å². The van der Waals surface area contributed by atoms with E-state index in [4.69, 9.17) is 9.47 Å². The maximum absolute atomic E-state index is 13.8. The largest absolute Gasteiger partial charge is 0.394 e. The summed E-state index contributed by atoms with van der Waals surface area (Å²) >= 11 is 0. The van der Waals surface area contributed by atoms with Crippen LogP contribution in [0.2, 0.25) is 0 Å². The molecule has 4 heterocycles. The Hall–Kier alpha value is -5.25. The van der Waals surface area contributed by atoms with Crippen LogP contribution in [-0.4, -0.2) is 159 Å². The zero-order valence-corrected chi connectivity index (χ0v) is 30.6. The summed E-state index contributed by atoms with van der Waals surface area (Å²) in [4.78, 5) is 29.6. The Morgan fingerprint density at radius 1 is 0.804 bits per heavy atom. The number of aliphatic hydroxyl groups excluding tert-OH is 6. The maximum atomic E-state index is 13.8. The summed E-state index contributed by atoms with van der Waals surface area (Å²) in [6, 6.07) is 8.68. The van der Waals surface area contributed by atoms with Crippen molar-refractivity contribution in [1.29, 1.82) is 0 Å². The molecule has 6 rings (SSSR count). The molecular formula is C37H43FN8O10. The molecule has 18 nitrogen and oxygen atoms in total. The Balaban J connectivity index is 1.17. The van der Waals surface area contributed by atoms with E-state index >= 15 is 0 Å². The minimum absolute atomic E-state index is 0.0827. The number of likely N-dealkylation sites (N-methyl/N-ethyl adjacent to an activating group) is 2. The number of hydrogen-bond acceptors (Lipinski definition) is 14. The second-order valence-electron chi connectivity index (χ2n) is 13.5. The van der Waals surface area contributed by atoms with Gasteiger partial charge in [-0.25, -0.2) is 13.8 Å². The quantitative estimate of drug-likeness (QED) is 0.108. The number of carbonyl (C=O) groups excluding carboxylic acids is 2. The summed E-state index contributed by atoms with van der Waals surface area (Å²) in [6.45, 7) is 4.23. The van der Waals surface area contributed by atoms with E-state index in [-0.39, 0.29) is 16.8 Å². The fraction of sp³-hybridized carbons (Fsp3) is 0.405. The second kappa shape index (κ2) is 16.9. The predicted octanol–water partition coefficient (Wildman–Crippen LogP) is -0.230. The molecule has 2 aromatic heterocycles. The van der Waals surface area contributed by atoms with Gasteiger partial charge < -0.3 is 49.9 Å². The molecule has 2 saturated heterocycles. The Morgan fingerprint density at radius 3 is 1.77 bits per heavy atom. The molecule has 19 heteroatoms. The van der Waals surface area contributed by atoms with Gasteiger partial charge in [0.1, 0.15) is 65.9 Å². The molecule has 1 unspecified atom stereocenters. The zero-order chi connectivity index (χ0) is 40.4. The highest BCUT2D eigenvalue weighted by Crippen LogP contribution is 2.34. The third-order valence-corrected chi connectivity index (χ3v) is 10.1. The van der Waals surface area contributed by atoms with Gasteiger partial charge in [-0.3, -0.25) is 9.59 Å². The third-order valence-electron chi connectivity index (χ3n) is 10.1. The highest BCUT2D eigenvalue weighted by Gasteiger charge is 2.50. The summed E-state index contributed by atoms with van der Waals surface area (Å²) in [6.07, 6.45) is -4.96. The Labute approximate surface area is 319 Å². The van der Waals surface area contributed by atoms with Gasteiger partial charge in [-0.1, -0.05) is 41.3 Å². The van der Waals surface area contributed by atoms with Crippen LogP contribution in [0.4, 0.5) is 4.39 Å². The first-order valence-corrected chi connectivity index (χ1v) is 17.6. The van der Waals surface area contributed by atoms with E-state index in [1.54, 1.807) is 25.1 Å². The summed E-state index contributed by atoms with van der Waals surface area (Å²) < 4.78 is 27.8. The first kappa shape index (κ1) is 40.4. The molecule has 10 atom stereocenters. The summed E-state index contributed by atoms with van der Waals surface area (Å²) in [7, 11) is 2.72. The van der Waals surface area contributed by atoms with Crippen molar-refractivity contribution in [3.05, 3.63) is 102 Å². The molecule has 2 fully saturated rings. The molecule has 2 amide bonds. The first-order valence-electron chi connectivity index (χ1n) is 17.6. The number of hydrogen-bond donors (Lipinski definition) is 6. The van der Waals surface area contributed by atoms with Crippen molar-refractivity contribution in [3.63, 3.8) is 0 Å². The second-order valence-corrected chi connectivity index (χ2v) is 13.5. The molecule has 2 aliphatic rings. The van der Waals surface area contributed by atoms with Gasteiger partial charge in [-0.05, 0) is 48.9 Å². The molecule has 0 bridgehead atoms. The molecule has 2 aliphatic heterocycles. The number of aromatic nitrogens is 6. The van der Waals surface area contributed by atoms with Gasteiger partial charge in [0.05, 0.1) is 25.6 Å². The first-order chi connectivity index (χ1) is 26.8. The fourth-order valence-corrected chi connectivity index (χ4v) is 6.95. The van der Waals surface area contributed by atoms with Crippen molar-refractivity contribution in [3.8, 4) is 11.3 Å². The molecular weight excluding hydrogens is 735 g/mol. The van der Waals surface area contributed by atoms with Crippen LogP contribution in [0.5, 0.6) is 0 Å². The highest BCUT2D eigenvalue weighted by molar-refractivity contribution is 5.98. The van der Waals surface area contributed by atoms with E-state index in [0.29, 0.717) is 16.8 Å². The zero-order valence-electron chi connectivity index (χ0n) is 30.6. The number of halogens is 1. The van der Waals surface area contributed by atoms with Crippen LogP contribution in [0.1, 0.15) is 45.4 Å². The molecule has 56 heavy (non-hydrogen) atoms. The van der Waals surface area contributed by atoms with Crippen LogP contribution in [0.25, 0.3) is 16.8 Å². The lowest BCUT2D eigenvalue weighted by molar-refractivity contribution is -0.235. The monoisotopic (exact) mass is 778 g/mol. The molecule has 2 aromatic carbocycles. The van der Waals surface area contributed by atoms with Crippen molar-refractivity contribution in [2.24, 2.45) is 0 Å². The van der Waals surface area contributed by atoms with Gasteiger partial charge in [0.2, 0.25) is 0 Å². The SMILES string of the molecule is C=C/C(=C\C)c1cn([C@@H]2[C@@H](O)[C@H](N(C)C(=O)c3ccc(C(=O)N(C)[C@@H]4O[C@H](CO)[C@H](O)C(n5cc(-c6cccc(F)c6)nn5)[C@H]4O)cc3)O[C@H](CO)[C@@H]2O)nn1. The molecule has 0 saturated carbocycles. The summed E-state index contributed by atoms with van der Waals surface area (Å²) in [5.74, 6) is -1.78. The summed E-state index contributed by atoms with van der Waals surface area (Å²) in [5.41, 5.74) is 1.91. The Kier molecular flexibility index (Phi) is 12.2. The van der Waals surface area contributed by atoms with E-state index in [1.165, 1.54) is 78.3 Å². The lowest BCUT2D eigenvalue weighted by atomic mass is 9.94. The third kappa shape index (κ3) is 7.62. The van der Waals surface area contributed by atoms with Gasteiger partial charge >= 0.3 is 0 Å². The van der Waals surface area contributed by atoms with E-state index in [1.807, 2.05) is 0 Å². The number of amides is 2. The fourth-order valence-electron chi connectivity index (χ4n) is 6.95. The van der Waals surface area contributed by atoms with Crippen LogP contribution in [0.15, 0.2) is 79.7 Å². The predicted molar refractivity (Wildman–Crippen MR) is 194 cm³/mol. The van der Waals surface area contributed by atoms with Crippen molar-refractivity contribution < 1.29 is 54.1 Å². The Morgan fingerprint density at radius 2 is 1.30 bits per heavy atom. The minimum atomic E-state index is -1.58. The maximum Gasteiger partial charge on any atom is 0.255 e. The van der Waals surface area contributed by atoms with Crippen LogP contribution >= 0.6 is 0 Å². The average Bonchev–Trinajstić information content (AvgIpc) is 3.89. The number of aliphatic hydroxyl groups is 6. The number of allylic oxidation sites excluding steroid dienone is 3. The number of carbonyl (C=O) groups is 2. The standard InChI is InChI=1S/C37H43FN8O10/c1-5-19(6-2)24-15-45(41-39-24)28-30(49)26(17-47)55-36(32(28)51)43(3)34(53)20-10-12-21(13-11-20)35(54)44(4)37-33(52)29(31(50)27(18-48)56-37)46-16-25(40-42-46)22-8-7-9-23(38)14-22/h5-16,26-33,36-37,47-52H,1,17-18H2,2-4H3/b19-6+/t26-,27-,28+,29?,30+,31+,32-,33-,36-,37-/m1/s1. The van der Waals surface area contributed by atoms with Crippen molar-refractivity contribution >= 4 is 17.4 Å². The minimum Gasteiger partial charge on any atom is -0.394 e. The molecule has 0 spiro atoms. The van der Waals surface area contributed by atoms with Gasteiger partial charge in [0, 0.05) is 30.8 Å². The van der Waals surface area contributed by atoms with E-state index in [0.717, 1.165) is 9.80 Å². The molecule has 0 aliphatic carbocycles. The van der Waals surface area contributed by atoms with Crippen LogP contribution < -0.4 is 0 Å². The van der Waals surface area contributed by atoms with Crippen molar-refractivity contribution in [2.45, 2.75) is 68.1 Å². The number of benzene rings is 2. The summed E-state index contributed by atoms with van der Waals surface area (Å²) in [5, 5.41) is 81.1. The number of ether oxygens (including phenoxy) is 2. The number of nitrogens with zero attached hydrogens (tertiary/aromatic N) is 8. The van der Waals surface area contributed by atoms with Crippen molar-refractivity contribution in [1.82, 2.24) is 39.8 Å². The van der Waals surface area contributed by atoms with E-state index < -0.39 is 92.0 Å². The number of rotatable bonds is 11. The van der Waals surface area contributed by atoms with Gasteiger partial charge in [0.15, 0.2) is 12.5 Å². The van der Waals surface area contributed by atoms with Crippen LogP contribution in [-0.2, 0) is 9.47 Å². The lowest BCUT2D eigenvalue weighted by Gasteiger charge is -2.45. The van der Waals surface area contributed by atoms with E-state index in [2.05, 4.69) is 27.2 Å². The van der Waals surface area contributed by atoms with Gasteiger partial charge in [-0.2, -0.15) is 0 Å². The molecule has 0 radical (unpaired) electrons. The van der Waals surface area contributed by atoms with Crippen molar-refractivity contribution in [2.75, 3.05) is 27.3 Å². The van der Waals surface area contributed by atoms with Crippen LogP contribution in [0, 0.1) is 5.82 Å². The lowest BCUT2D eigenvalue weighted by Crippen LogP contribution is -2.61. The van der Waals surface area contributed by atoms with Gasteiger partial charge in [0.25, 0.3) is 11.8 Å². The van der Waals surface area contributed by atoms with Crippen LogP contribution in [0.3, 0.4) is 0 Å². The highest BCUT2D eigenvalue weighted by atomic mass is 19.1. The topological polar surface area (TPSA) is 242 Å². The molecule has 6 N–H and O–H groups in total.